The second kappa shape index (κ2) is 5.99. The Kier molecular flexibility index (Phi) is 4.34. The summed E-state index contributed by atoms with van der Waals surface area (Å²) in [7, 11) is 0. The van der Waals surface area contributed by atoms with E-state index in [1.807, 2.05) is 0 Å². The van der Waals surface area contributed by atoms with Crippen molar-refractivity contribution >= 4 is 21.8 Å². The fourth-order valence-electron chi connectivity index (χ4n) is 1.57. The number of hydrogen-bond donors (Lipinski definition) is 2. The third kappa shape index (κ3) is 3.21. The van der Waals surface area contributed by atoms with Crippen molar-refractivity contribution in [3.63, 3.8) is 0 Å². The van der Waals surface area contributed by atoms with Crippen LogP contribution in [0.3, 0.4) is 0 Å². The summed E-state index contributed by atoms with van der Waals surface area (Å²) in [6.07, 6.45) is 0.456. The second-order valence-corrected chi connectivity index (χ2v) is 4.69. The summed E-state index contributed by atoms with van der Waals surface area (Å²) >= 11 is 3.11. The van der Waals surface area contributed by atoms with Gasteiger partial charge < -0.3 is 14.8 Å². The van der Waals surface area contributed by atoms with Crippen molar-refractivity contribution in [3.8, 4) is 0 Å². The number of furan rings is 1. The van der Waals surface area contributed by atoms with Crippen LogP contribution in [0.2, 0.25) is 0 Å². The molecule has 0 saturated heterocycles. The Bertz CT molecular complexity index is 551. The van der Waals surface area contributed by atoms with E-state index in [1.54, 1.807) is 18.2 Å². The van der Waals surface area contributed by atoms with E-state index in [9.17, 15) is 14.3 Å². The molecule has 0 aliphatic rings. The first-order chi connectivity index (χ1) is 9.09. The van der Waals surface area contributed by atoms with E-state index in [-0.39, 0.29) is 12.1 Å². The highest BCUT2D eigenvalue weighted by molar-refractivity contribution is 9.10. The highest BCUT2D eigenvalue weighted by atomic mass is 79.9. The van der Waals surface area contributed by atoms with E-state index in [4.69, 9.17) is 4.42 Å². The number of carbonyl (C=O) groups is 1. The lowest BCUT2D eigenvalue weighted by molar-refractivity contribution is 0.0896. The first kappa shape index (κ1) is 13.8. The van der Waals surface area contributed by atoms with Crippen LogP contribution < -0.4 is 5.32 Å². The molecular weight excluding hydrogens is 317 g/mol. The van der Waals surface area contributed by atoms with Crippen LogP contribution in [0.1, 0.15) is 22.2 Å². The van der Waals surface area contributed by atoms with E-state index >= 15 is 0 Å². The second-order valence-electron chi connectivity index (χ2n) is 3.84. The number of rotatable bonds is 4. The Balaban J connectivity index is 2.02. The maximum atomic E-state index is 13.5. The lowest BCUT2D eigenvalue weighted by Gasteiger charge is -2.11. The predicted octanol–water partition coefficient (Wildman–Crippen LogP) is 2.64. The molecule has 0 saturated carbocycles. The molecule has 2 N–H and O–H groups in total. The van der Waals surface area contributed by atoms with E-state index in [2.05, 4.69) is 21.2 Å². The Labute approximate surface area is 117 Å². The van der Waals surface area contributed by atoms with E-state index in [0.29, 0.717) is 10.2 Å². The van der Waals surface area contributed by atoms with Gasteiger partial charge in [-0.15, -0.1) is 0 Å². The van der Waals surface area contributed by atoms with Crippen molar-refractivity contribution in [2.75, 3.05) is 6.54 Å². The molecule has 0 unspecified atom stereocenters. The zero-order valence-corrected chi connectivity index (χ0v) is 11.4. The molecule has 2 aromatic rings. The quantitative estimate of drug-likeness (QED) is 0.907. The Morgan fingerprint density at radius 3 is 2.84 bits per heavy atom. The fourth-order valence-corrected chi connectivity index (χ4v) is 2.10. The predicted molar refractivity (Wildman–Crippen MR) is 70.1 cm³/mol. The van der Waals surface area contributed by atoms with E-state index < -0.39 is 17.8 Å². The molecule has 4 nitrogen and oxygen atoms in total. The van der Waals surface area contributed by atoms with Crippen molar-refractivity contribution in [2.24, 2.45) is 0 Å². The SMILES string of the molecule is O=C(NC[C@H](O)c1ccco1)c1c(F)cccc1Br. The summed E-state index contributed by atoms with van der Waals surface area (Å²) in [6.45, 7) is -0.0624. The van der Waals surface area contributed by atoms with Gasteiger partial charge in [-0.1, -0.05) is 6.07 Å². The Morgan fingerprint density at radius 1 is 1.42 bits per heavy atom. The lowest BCUT2D eigenvalue weighted by Crippen LogP contribution is -2.29. The molecule has 0 aliphatic carbocycles. The molecule has 1 aromatic heterocycles. The molecule has 0 spiro atoms. The number of benzene rings is 1. The van der Waals surface area contributed by atoms with Gasteiger partial charge in [0, 0.05) is 4.47 Å². The first-order valence-corrected chi connectivity index (χ1v) is 6.32. The molecular formula is C13H11BrFNO3. The van der Waals surface area contributed by atoms with Crippen molar-refractivity contribution in [1.82, 2.24) is 5.32 Å². The number of amides is 1. The summed E-state index contributed by atoms with van der Waals surface area (Å²) in [6, 6.07) is 7.49. The zero-order valence-electron chi connectivity index (χ0n) is 9.77. The average molecular weight is 328 g/mol. The standard InChI is InChI=1S/C13H11BrFNO3/c14-8-3-1-4-9(15)12(8)13(18)16-7-10(17)11-5-2-6-19-11/h1-6,10,17H,7H2,(H,16,18)/t10-/m0/s1. The molecule has 6 heteroatoms. The van der Waals surface area contributed by atoms with Gasteiger partial charge in [-0.2, -0.15) is 0 Å². The Morgan fingerprint density at radius 2 is 2.21 bits per heavy atom. The van der Waals surface area contributed by atoms with Crippen LogP contribution in [0.5, 0.6) is 0 Å². The lowest BCUT2D eigenvalue weighted by atomic mass is 10.2. The first-order valence-electron chi connectivity index (χ1n) is 5.53. The third-order valence-corrected chi connectivity index (χ3v) is 3.18. The minimum absolute atomic E-state index is 0.0624. The van der Waals surface area contributed by atoms with E-state index in [0.717, 1.165) is 0 Å². The minimum Gasteiger partial charge on any atom is -0.467 e. The largest absolute Gasteiger partial charge is 0.467 e. The van der Waals surface area contributed by atoms with Gasteiger partial charge in [0.2, 0.25) is 0 Å². The van der Waals surface area contributed by atoms with Crippen LogP contribution in [-0.4, -0.2) is 17.6 Å². The molecule has 0 radical (unpaired) electrons. The number of aliphatic hydroxyl groups excluding tert-OH is 1. The zero-order chi connectivity index (χ0) is 13.8. The van der Waals surface area contributed by atoms with Gasteiger partial charge in [0.1, 0.15) is 17.7 Å². The monoisotopic (exact) mass is 327 g/mol. The van der Waals surface area contributed by atoms with Gasteiger partial charge in [-0.05, 0) is 40.2 Å². The molecule has 1 atom stereocenters. The molecule has 1 aromatic carbocycles. The van der Waals surface area contributed by atoms with Crippen LogP contribution >= 0.6 is 15.9 Å². The molecule has 1 heterocycles. The number of aliphatic hydroxyl groups is 1. The van der Waals surface area contributed by atoms with Gasteiger partial charge in [-0.3, -0.25) is 4.79 Å². The number of carbonyl (C=O) groups excluding carboxylic acids is 1. The summed E-state index contributed by atoms with van der Waals surface area (Å²) < 4.78 is 18.9. The average Bonchev–Trinajstić information content (AvgIpc) is 2.89. The normalized spacial score (nSPS) is 12.2. The number of hydrogen-bond acceptors (Lipinski definition) is 3. The summed E-state index contributed by atoms with van der Waals surface area (Å²) in [5, 5.41) is 12.2. The molecule has 0 fully saturated rings. The van der Waals surface area contributed by atoms with Crippen molar-refractivity contribution in [3.05, 3.63) is 58.2 Å². The van der Waals surface area contributed by atoms with Gasteiger partial charge in [-0.25, -0.2) is 4.39 Å². The molecule has 19 heavy (non-hydrogen) atoms. The summed E-state index contributed by atoms with van der Waals surface area (Å²) in [4.78, 5) is 11.8. The smallest absolute Gasteiger partial charge is 0.255 e. The third-order valence-electron chi connectivity index (χ3n) is 2.52. The van der Waals surface area contributed by atoms with Gasteiger partial charge in [0.25, 0.3) is 5.91 Å². The topological polar surface area (TPSA) is 62.5 Å². The maximum absolute atomic E-state index is 13.5. The summed E-state index contributed by atoms with van der Waals surface area (Å²) in [5.74, 6) is -0.886. The van der Waals surface area contributed by atoms with Gasteiger partial charge >= 0.3 is 0 Å². The van der Waals surface area contributed by atoms with Crippen molar-refractivity contribution in [1.29, 1.82) is 0 Å². The van der Waals surface area contributed by atoms with Crippen molar-refractivity contribution < 1.29 is 18.7 Å². The van der Waals surface area contributed by atoms with Crippen LogP contribution in [0, 0.1) is 5.82 Å². The molecule has 0 bridgehead atoms. The van der Waals surface area contributed by atoms with Gasteiger partial charge in [0.05, 0.1) is 18.4 Å². The molecule has 0 aliphatic heterocycles. The number of nitrogens with one attached hydrogen (secondary N) is 1. The summed E-state index contributed by atoms with van der Waals surface area (Å²) in [5.41, 5.74) is -0.0888. The number of halogens is 2. The molecule has 1 amide bonds. The van der Waals surface area contributed by atoms with Crippen molar-refractivity contribution in [2.45, 2.75) is 6.10 Å². The Hall–Kier alpha value is -1.66. The highest BCUT2D eigenvalue weighted by Gasteiger charge is 2.17. The van der Waals surface area contributed by atoms with Crippen LogP contribution in [0.4, 0.5) is 4.39 Å². The van der Waals surface area contributed by atoms with Crippen LogP contribution in [0.25, 0.3) is 0 Å². The van der Waals surface area contributed by atoms with Crippen LogP contribution in [0.15, 0.2) is 45.5 Å². The maximum Gasteiger partial charge on any atom is 0.255 e. The molecule has 100 valence electrons. The minimum atomic E-state index is -0.968. The molecule has 2 rings (SSSR count). The fraction of sp³-hybridized carbons (Fsp3) is 0.154. The van der Waals surface area contributed by atoms with Crippen LogP contribution in [-0.2, 0) is 0 Å². The van der Waals surface area contributed by atoms with E-state index in [1.165, 1.54) is 18.4 Å². The van der Waals surface area contributed by atoms with Gasteiger partial charge in [0.15, 0.2) is 0 Å². The highest BCUT2D eigenvalue weighted by Crippen LogP contribution is 2.19.